The summed E-state index contributed by atoms with van der Waals surface area (Å²) in [6, 6.07) is 8.21. The first-order chi connectivity index (χ1) is 10.6. The van der Waals surface area contributed by atoms with Crippen molar-refractivity contribution in [1.29, 1.82) is 0 Å². The molecule has 2 aliphatic rings. The van der Waals surface area contributed by atoms with Crippen LogP contribution in [0.1, 0.15) is 51.4 Å². The molecule has 2 heterocycles. The second-order valence-electron chi connectivity index (χ2n) is 6.46. The molecule has 1 aliphatic carbocycles. The number of aryl methyl sites for hydroxylation is 1. The van der Waals surface area contributed by atoms with E-state index in [-0.39, 0.29) is 12.1 Å². The highest BCUT2D eigenvalue weighted by molar-refractivity contribution is 7.16. The molecule has 0 bridgehead atoms. The Morgan fingerprint density at radius 1 is 1.23 bits per heavy atom. The minimum atomic E-state index is -0.126. The molecule has 2 N–H and O–H groups in total. The van der Waals surface area contributed by atoms with Crippen molar-refractivity contribution in [1.82, 2.24) is 5.32 Å². The summed E-state index contributed by atoms with van der Waals surface area (Å²) in [6.07, 6.45) is 3.20. The lowest BCUT2D eigenvalue weighted by atomic mass is 9.88. The quantitative estimate of drug-likeness (QED) is 0.834. The topological polar surface area (TPSA) is 41.1 Å². The van der Waals surface area contributed by atoms with Gasteiger partial charge in [0.25, 0.3) is 5.91 Å². The number of thiophene rings is 1. The van der Waals surface area contributed by atoms with Crippen molar-refractivity contribution in [2.75, 3.05) is 5.32 Å². The fourth-order valence-electron chi connectivity index (χ4n) is 3.53. The summed E-state index contributed by atoms with van der Waals surface area (Å²) in [4.78, 5) is 14.1. The van der Waals surface area contributed by atoms with E-state index >= 15 is 0 Å². The molecule has 0 fully saturated rings. The third-order valence-electron chi connectivity index (χ3n) is 4.79. The molecule has 0 radical (unpaired) electrons. The van der Waals surface area contributed by atoms with Gasteiger partial charge >= 0.3 is 0 Å². The Morgan fingerprint density at radius 2 is 2.05 bits per heavy atom. The molecule has 1 amide bonds. The van der Waals surface area contributed by atoms with E-state index in [4.69, 9.17) is 0 Å². The standard InChI is InChI=1S/C18H20N2OS/c1-10-7-8-13-14(9-10)22-18-15(13)17(21)19-16(20-18)12-6-4-3-5-11(12)2/h3-6,10,16,20H,7-9H2,1-2H3,(H,19,21)/t10-,16-/m1/s1. The molecule has 114 valence electrons. The monoisotopic (exact) mass is 312 g/mol. The van der Waals surface area contributed by atoms with Crippen LogP contribution < -0.4 is 10.6 Å². The summed E-state index contributed by atoms with van der Waals surface area (Å²) >= 11 is 1.78. The number of hydrogen-bond donors (Lipinski definition) is 2. The molecule has 2 atom stereocenters. The Bertz CT molecular complexity index is 750. The van der Waals surface area contributed by atoms with Crippen molar-refractivity contribution in [3.63, 3.8) is 0 Å². The van der Waals surface area contributed by atoms with Crippen LogP contribution >= 0.6 is 11.3 Å². The molecule has 0 unspecified atom stereocenters. The molecule has 0 saturated carbocycles. The van der Waals surface area contributed by atoms with E-state index in [0.29, 0.717) is 0 Å². The maximum absolute atomic E-state index is 12.7. The van der Waals surface area contributed by atoms with Crippen LogP contribution in [0.5, 0.6) is 0 Å². The van der Waals surface area contributed by atoms with Gasteiger partial charge in [-0.3, -0.25) is 4.79 Å². The van der Waals surface area contributed by atoms with Crippen LogP contribution in [0.3, 0.4) is 0 Å². The fraction of sp³-hybridized carbons (Fsp3) is 0.389. The van der Waals surface area contributed by atoms with Crippen LogP contribution in [0.2, 0.25) is 0 Å². The Balaban J connectivity index is 1.73. The lowest BCUT2D eigenvalue weighted by molar-refractivity contribution is 0.0935. The summed E-state index contributed by atoms with van der Waals surface area (Å²) in [5.41, 5.74) is 4.52. The van der Waals surface area contributed by atoms with Gasteiger partial charge in [-0.2, -0.15) is 0 Å². The van der Waals surface area contributed by atoms with Crippen LogP contribution in [0.15, 0.2) is 24.3 Å². The van der Waals surface area contributed by atoms with Crippen molar-refractivity contribution in [2.24, 2.45) is 5.92 Å². The van der Waals surface area contributed by atoms with Gasteiger partial charge in [-0.1, -0.05) is 31.2 Å². The van der Waals surface area contributed by atoms with Crippen molar-refractivity contribution in [2.45, 2.75) is 39.3 Å². The zero-order valence-corrected chi connectivity index (χ0v) is 13.7. The van der Waals surface area contributed by atoms with Crippen LogP contribution in [-0.4, -0.2) is 5.91 Å². The van der Waals surface area contributed by atoms with E-state index in [1.54, 1.807) is 11.3 Å². The Kier molecular flexibility index (Phi) is 3.22. The smallest absolute Gasteiger partial charge is 0.256 e. The van der Waals surface area contributed by atoms with Crippen molar-refractivity contribution in [3.8, 4) is 0 Å². The Morgan fingerprint density at radius 3 is 2.86 bits per heavy atom. The van der Waals surface area contributed by atoms with Gasteiger partial charge in [0, 0.05) is 4.88 Å². The van der Waals surface area contributed by atoms with E-state index in [1.807, 2.05) is 12.1 Å². The second kappa shape index (κ2) is 5.13. The number of carbonyl (C=O) groups is 1. The van der Waals surface area contributed by atoms with Crippen molar-refractivity contribution in [3.05, 3.63) is 51.4 Å². The largest absolute Gasteiger partial charge is 0.353 e. The predicted molar refractivity (Wildman–Crippen MR) is 90.5 cm³/mol. The first kappa shape index (κ1) is 13.8. The summed E-state index contributed by atoms with van der Waals surface area (Å²) in [5.74, 6) is 0.803. The first-order valence-electron chi connectivity index (χ1n) is 7.91. The van der Waals surface area contributed by atoms with E-state index in [2.05, 4.69) is 36.6 Å². The Hall–Kier alpha value is -1.81. The third-order valence-corrected chi connectivity index (χ3v) is 5.97. The second-order valence-corrected chi connectivity index (χ2v) is 7.57. The normalized spacial score (nSPS) is 23.3. The third kappa shape index (κ3) is 2.13. The molecule has 1 aliphatic heterocycles. The first-order valence-corrected chi connectivity index (χ1v) is 8.72. The Labute approximate surface area is 134 Å². The molecular weight excluding hydrogens is 292 g/mol. The van der Waals surface area contributed by atoms with Crippen molar-refractivity contribution < 1.29 is 4.79 Å². The number of amides is 1. The minimum Gasteiger partial charge on any atom is -0.353 e. The highest BCUT2D eigenvalue weighted by atomic mass is 32.1. The lowest BCUT2D eigenvalue weighted by Gasteiger charge is -2.28. The molecule has 0 saturated heterocycles. The van der Waals surface area contributed by atoms with Gasteiger partial charge in [0.2, 0.25) is 0 Å². The maximum Gasteiger partial charge on any atom is 0.256 e. The number of hydrogen-bond acceptors (Lipinski definition) is 3. The molecule has 4 rings (SSSR count). The number of benzene rings is 1. The summed E-state index contributed by atoms with van der Waals surface area (Å²) in [7, 11) is 0. The van der Waals surface area contributed by atoms with Gasteiger partial charge in [-0.25, -0.2) is 0 Å². The average Bonchev–Trinajstić information content (AvgIpc) is 2.85. The number of rotatable bonds is 1. The van der Waals surface area contributed by atoms with Crippen LogP contribution in [0.4, 0.5) is 5.00 Å². The molecule has 4 heteroatoms. The summed E-state index contributed by atoms with van der Waals surface area (Å²) in [5, 5.41) is 7.73. The van der Waals surface area contributed by atoms with Crippen LogP contribution in [0.25, 0.3) is 0 Å². The number of fused-ring (bicyclic) bond motifs is 3. The van der Waals surface area contributed by atoms with Gasteiger partial charge in [0.05, 0.1) is 5.56 Å². The zero-order valence-electron chi connectivity index (χ0n) is 12.9. The van der Waals surface area contributed by atoms with E-state index in [1.165, 1.54) is 22.4 Å². The maximum atomic E-state index is 12.7. The molecular formula is C18H20N2OS. The van der Waals surface area contributed by atoms with Gasteiger partial charge in [0.15, 0.2) is 0 Å². The molecule has 0 spiro atoms. The van der Waals surface area contributed by atoms with Crippen molar-refractivity contribution >= 4 is 22.2 Å². The predicted octanol–water partition coefficient (Wildman–Crippen LogP) is 4.04. The average molecular weight is 312 g/mol. The van der Waals surface area contributed by atoms with Gasteiger partial charge < -0.3 is 10.6 Å². The molecule has 22 heavy (non-hydrogen) atoms. The number of anilines is 1. The summed E-state index contributed by atoms with van der Waals surface area (Å²) < 4.78 is 0. The molecule has 1 aromatic heterocycles. The minimum absolute atomic E-state index is 0.0778. The highest BCUT2D eigenvalue weighted by Gasteiger charge is 2.33. The van der Waals surface area contributed by atoms with Crippen LogP contribution in [-0.2, 0) is 12.8 Å². The number of nitrogens with one attached hydrogen (secondary N) is 2. The highest BCUT2D eigenvalue weighted by Crippen LogP contribution is 2.42. The SMILES string of the molecule is Cc1ccccc1[C@@H]1NC(=O)c2c(sc3c2CC[C@@H](C)C3)N1. The summed E-state index contributed by atoms with van der Waals surface area (Å²) in [6.45, 7) is 4.38. The molecule has 3 nitrogen and oxygen atoms in total. The van der Waals surface area contributed by atoms with E-state index in [9.17, 15) is 4.79 Å². The van der Waals surface area contributed by atoms with Gasteiger partial charge in [0.1, 0.15) is 11.2 Å². The van der Waals surface area contributed by atoms with E-state index in [0.717, 1.165) is 34.9 Å². The van der Waals surface area contributed by atoms with Crippen LogP contribution in [0, 0.1) is 12.8 Å². The number of carbonyl (C=O) groups excluding carboxylic acids is 1. The van der Waals surface area contributed by atoms with Gasteiger partial charge in [-0.05, 0) is 48.8 Å². The molecule has 2 aromatic rings. The lowest BCUT2D eigenvalue weighted by Crippen LogP contribution is -2.38. The van der Waals surface area contributed by atoms with E-state index < -0.39 is 0 Å². The zero-order chi connectivity index (χ0) is 15.3. The van der Waals surface area contributed by atoms with Gasteiger partial charge in [-0.15, -0.1) is 11.3 Å². The molecule has 1 aromatic carbocycles. The fourth-order valence-corrected chi connectivity index (χ4v) is 4.97.